The van der Waals surface area contributed by atoms with Gasteiger partial charge in [-0.25, -0.2) is 0 Å². The summed E-state index contributed by atoms with van der Waals surface area (Å²) in [6.07, 6.45) is 3.09. The zero-order chi connectivity index (χ0) is 21.8. The van der Waals surface area contributed by atoms with Crippen molar-refractivity contribution in [3.05, 3.63) is 78.0 Å². The molecular weight excluding hydrogens is 394 g/mol. The fourth-order valence-electron chi connectivity index (χ4n) is 4.62. The van der Waals surface area contributed by atoms with Gasteiger partial charge in [0.1, 0.15) is 0 Å². The third-order valence-corrected chi connectivity index (χ3v) is 7.22. The van der Waals surface area contributed by atoms with Gasteiger partial charge in [0.25, 0.3) is 0 Å². The van der Waals surface area contributed by atoms with E-state index in [0.717, 1.165) is 12.1 Å². The van der Waals surface area contributed by atoms with Crippen molar-refractivity contribution >= 4 is 42.3 Å². The number of rotatable bonds is 3. The van der Waals surface area contributed by atoms with E-state index in [-0.39, 0.29) is 5.41 Å². The van der Waals surface area contributed by atoms with Crippen LogP contribution in [-0.2, 0) is 11.8 Å². The molecule has 0 aliphatic rings. The summed E-state index contributed by atoms with van der Waals surface area (Å²) in [6.45, 7) is 11.4. The van der Waals surface area contributed by atoms with E-state index in [1.165, 1.54) is 47.6 Å². The molecule has 3 aromatic carbocycles. The average Bonchev–Trinajstić information content (AvgIpc) is 3.09. The van der Waals surface area contributed by atoms with Crippen LogP contribution < -0.4 is 0 Å². The molecule has 0 saturated carbocycles. The highest BCUT2D eigenvalue weighted by molar-refractivity contribution is 7.26. The van der Waals surface area contributed by atoms with E-state index in [9.17, 15) is 0 Å². The molecule has 0 saturated heterocycles. The van der Waals surface area contributed by atoms with E-state index in [2.05, 4.69) is 95.3 Å². The van der Waals surface area contributed by atoms with Gasteiger partial charge >= 0.3 is 0 Å². The molecule has 0 aliphatic heterocycles. The van der Waals surface area contributed by atoms with Gasteiger partial charge in [-0.1, -0.05) is 71.0 Å². The monoisotopic (exact) mass is 423 g/mol. The molecule has 0 N–H and O–H groups in total. The first-order chi connectivity index (χ1) is 14.8. The van der Waals surface area contributed by atoms with Crippen molar-refractivity contribution in [2.24, 2.45) is 5.92 Å². The second kappa shape index (κ2) is 7.46. The molecule has 0 atom stereocenters. The number of aromatic nitrogens is 1. The smallest absolute Gasteiger partial charge is 0.0880 e. The van der Waals surface area contributed by atoms with Crippen LogP contribution in [0.4, 0.5) is 0 Å². The maximum absolute atomic E-state index is 4.88. The normalized spacial score (nSPS) is 12.5. The first-order valence-electron chi connectivity index (χ1n) is 11.1. The second-order valence-corrected chi connectivity index (χ2v) is 11.1. The molecule has 2 heterocycles. The summed E-state index contributed by atoms with van der Waals surface area (Å²) in [6, 6.07) is 22.5. The van der Waals surface area contributed by atoms with Crippen molar-refractivity contribution in [1.29, 1.82) is 0 Å². The van der Waals surface area contributed by atoms with Crippen molar-refractivity contribution in [2.75, 3.05) is 0 Å². The van der Waals surface area contributed by atoms with Gasteiger partial charge in [-0.15, -0.1) is 11.3 Å². The topological polar surface area (TPSA) is 12.9 Å². The highest BCUT2D eigenvalue weighted by Crippen LogP contribution is 2.41. The molecule has 0 unspecified atom stereocenters. The number of thiophene rings is 1. The zero-order valence-corrected chi connectivity index (χ0v) is 19.8. The van der Waals surface area contributed by atoms with Crippen LogP contribution in [0.5, 0.6) is 0 Å². The van der Waals surface area contributed by atoms with Crippen LogP contribution in [0.15, 0.2) is 66.9 Å². The summed E-state index contributed by atoms with van der Waals surface area (Å²) in [5.41, 5.74) is 5.17. The van der Waals surface area contributed by atoms with Crippen molar-refractivity contribution in [1.82, 2.24) is 4.98 Å². The van der Waals surface area contributed by atoms with Crippen LogP contribution in [-0.4, -0.2) is 4.98 Å². The zero-order valence-electron chi connectivity index (χ0n) is 19.0. The summed E-state index contributed by atoms with van der Waals surface area (Å²) in [4.78, 5) is 4.88. The highest BCUT2D eigenvalue weighted by atomic mass is 32.1. The van der Waals surface area contributed by atoms with Gasteiger partial charge < -0.3 is 0 Å². The van der Waals surface area contributed by atoms with Gasteiger partial charge in [0.15, 0.2) is 0 Å². The van der Waals surface area contributed by atoms with Crippen LogP contribution in [0.25, 0.3) is 42.2 Å². The summed E-state index contributed by atoms with van der Waals surface area (Å²) >= 11 is 1.88. The van der Waals surface area contributed by atoms with E-state index in [4.69, 9.17) is 4.98 Å². The van der Waals surface area contributed by atoms with Gasteiger partial charge in [0.2, 0.25) is 0 Å². The molecule has 0 spiro atoms. The van der Waals surface area contributed by atoms with Crippen LogP contribution >= 0.6 is 11.3 Å². The van der Waals surface area contributed by atoms with Crippen molar-refractivity contribution in [3.8, 4) is 11.3 Å². The van der Waals surface area contributed by atoms with Crippen LogP contribution in [0.1, 0.15) is 45.7 Å². The average molecular weight is 424 g/mol. The predicted molar refractivity (Wildman–Crippen MR) is 137 cm³/mol. The van der Waals surface area contributed by atoms with Crippen molar-refractivity contribution in [2.45, 2.75) is 46.5 Å². The predicted octanol–water partition coefficient (Wildman–Crippen LogP) is 8.77. The molecule has 31 heavy (non-hydrogen) atoms. The molecule has 0 bridgehead atoms. The van der Waals surface area contributed by atoms with E-state index in [1.54, 1.807) is 0 Å². The maximum Gasteiger partial charge on any atom is 0.0880 e. The number of hydrogen-bond donors (Lipinski definition) is 0. The molecule has 1 nitrogen and oxygen atoms in total. The lowest BCUT2D eigenvalue weighted by atomic mass is 9.82. The Morgan fingerprint density at radius 2 is 1.68 bits per heavy atom. The third-order valence-electron chi connectivity index (χ3n) is 6.04. The Kier molecular flexibility index (Phi) is 4.86. The summed E-state index contributed by atoms with van der Waals surface area (Å²) in [5.74, 6) is 0.664. The highest BCUT2D eigenvalue weighted by Gasteiger charge is 2.20. The van der Waals surface area contributed by atoms with Gasteiger partial charge in [0.05, 0.1) is 10.4 Å². The van der Waals surface area contributed by atoms with E-state index in [0.29, 0.717) is 5.92 Å². The Hall–Kier alpha value is -2.71. The number of pyridine rings is 1. The summed E-state index contributed by atoms with van der Waals surface area (Å²) in [5, 5.41) is 5.27. The first-order valence-corrected chi connectivity index (χ1v) is 12.0. The largest absolute Gasteiger partial charge is 0.255 e. The SMILES string of the molecule is CC(C)Cc1ccc2c(c1)sc1c(-c3cc(C(C)(C)C)c4ccccc4c3)nccc12. The van der Waals surface area contributed by atoms with Crippen molar-refractivity contribution in [3.63, 3.8) is 0 Å². The number of fused-ring (bicyclic) bond motifs is 4. The Labute approximate surface area is 188 Å². The first kappa shape index (κ1) is 20.2. The van der Waals surface area contributed by atoms with Gasteiger partial charge in [0, 0.05) is 27.2 Å². The quantitative estimate of drug-likeness (QED) is 0.282. The van der Waals surface area contributed by atoms with E-state index >= 15 is 0 Å². The molecule has 5 aromatic rings. The van der Waals surface area contributed by atoms with Crippen LogP contribution in [0.2, 0.25) is 0 Å². The Morgan fingerprint density at radius 3 is 2.45 bits per heavy atom. The lowest BCUT2D eigenvalue weighted by Gasteiger charge is -2.22. The van der Waals surface area contributed by atoms with Crippen molar-refractivity contribution < 1.29 is 0 Å². The minimum atomic E-state index is 0.0649. The lowest BCUT2D eigenvalue weighted by Crippen LogP contribution is -2.12. The fraction of sp³-hybridized carbons (Fsp3) is 0.276. The third kappa shape index (κ3) is 3.64. The minimum Gasteiger partial charge on any atom is -0.255 e. The molecule has 2 heteroatoms. The fourth-order valence-corrected chi connectivity index (χ4v) is 5.89. The Morgan fingerprint density at radius 1 is 0.871 bits per heavy atom. The van der Waals surface area contributed by atoms with Crippen LogP contribution in [0, 0.1) is 5.92 Å². The molecular formula is C29H29NS. The summed E-state index contributed by atoms with van der Waals surface area (Å²) in [7, 11) is 0. The van der Waals surface area contributed by atoms with Gasteiger partial charge in [-0.3, -0.25) is 4.98 Å². The van der Waals surface area contributed by atoms with E-state index in [1.807, 2.05) is 17.5 Å². The van der Waals surface area contributed by atoms with E-state index < -0.39 is 0 Å². The summed E-state index contributed by atoms with van der Waals surface area (Å²) < 4.78 is 2.65. The standard InChI is InChI=1S/C29H29NS/c1-18(2)14-19-10-11-23-24-12-13-30-27(28(24)31-26(23)15-19)21-16-20-8-6-7-9-22(20)25(17-21)29(3,4)5/h6-13,15-18H,14H2,1-5H3. The number of benzene rings is 3. The Bertz CT molecular complexity index is 1420. The van der Waals surface area contributed by atoms with Crippen LogP contribution in [0.3, 0.4) is 0 Å². The molecule has 156 valence electrons. The molecule has 5 rings (SSSR count). The maximum atomic E-state index is 4.88. The number of hydrogen-bond acceptors (Lipinski definition) is 2. The molecule has 2 aromatic heterocycles. The number of nitrogens with zero attached hydrogens (tertiary/aromatic N) is 1. The van der Waals surface area contributed by atoms with Gasteiger partial charge in [-0.05, 0) is 63.9 Å². The lowest BCUT2D eigenvalue weighted by molar-refractivity contribution is 0.596. The second-order valence-electron chi connectivity index (χ2n) is 10.1. The molecule has 0 amide bonds. The van der Waals surface area contributed by atoms with Gasteiger partial charge in [-0.2, -0.15) is 0 Å². The minimum absolute atomic E-state index is 0.0649. The molecule has 0 fully saturated rings. The molecule has 0 radical (unpaired) electrons. The Balaban J connectivity index is 1.76. The molecule has 0 aliphatic carbocycles.